The molecule has 2 N–H and O–H groups in total. The third kappa shape index (κ3) is 4.51. The minimum atomic E-state index is -0.848. The highest BCUT2D eigenvalue weighted by Gasteiger charge is 2.41. The van der Waals surface area contributed by atoms with Gasteiger partial charge < -0.3 is 10.2 Å². The third-order valence-corrected chi connectivity index (χ3v) is 4.74. The normalized spacial score (nSPS) is 19.1. The van der Waals surface area contributed by atoms with E-state index in [9.17, 15) is 14.7 Å². The van der Waals surface area contributed by atoms with Gasteiger partial charge in [0.25, 0.3) is 0 Å². The zero-order valence-corrected chi connectivity index (χ0v) is 12.0. The summed E-state index contributed by atoms with van der Waals surface area (Å²) in [5, 5.41) is 18.1. The van der Waals surface area contributed by atoms with Crippen molar-refractivity contribution in [3.8, 4) is 0 Å². The van der Waals surface area contributed by atoms with E-state index in [2.05, 4.69) is 0 Å². The second-order valence-electron chi connectivity index (χ2n) is 6.33. The molecule has 0 radical (unpaired) electrons. The molecule has 0 spiro atoms. The van der Waals surface area contributed by atoms with Gasteiger partial charge in [-0.3, -0.25) is 9.59 Å². The predicted molar refractivity (Wildman–Crippen MR) is 73.0 cm³/mol. The molecule has 1 aliphatic carbocycles. The average Bonchev–Trinajstić information content (AvgIpc) is 2.34. The highest BCUT2D eigenvalue weighted by atomic mass is 16.4. The van der Waals surface area contributed by atoms with Crippen LogP contribution in [0, 0.1) is 17.3 Å². The number of rotatable bonds is 7. The van der Waals surface area contributed by atoms with E-state index in [0.717, 1.165) is 12.8 Å². The Morgan fingerprint density at radius 3 is 2.21 bits per heavy atom. The van der Waals surface area contributed by atoms with Gasteiger partial charge in [-0.15, -0.1) is 0 Å². The van der Waals surface area contributed by atoms with E-state index in [1.54, 1.807) is 0 Å². The van der Waals surface area contributed by atoms with Gasteiger partial charge in [-0.25, -0.2) is 0 Å². The zero-order chi connectivity index (χ0) is 14.5. The number of hydrogen-bond donors (Lipinski definition) is 2. The summed E-state index contributed by atoms with van der Waals surface area (Å²) in [6.07, 6.45) is 6.82. The molecule has 1 rings (SSSR count). The maximum Gasteiger partial charge on any atom is 0.307 e. The first-order chi connectivity index (χ1) is 8.85. The monoisotopic (exact) mass is 270 g/mol. The number of carboxylic acids is 2. The van der Waals surface area contributed by atoms with Crippen molar-refractivity contribution in [2.75, 3.05) is 0 Å². The molecule has 0 bridgehead atoms. The third-order valence-electron chi connectivity index (χ3n) is 4.74. The summed E-state index contributed by atoms with van der Waals surface area (Å²) < 4.78 is 0. The molecule has 0 saturated heterocycles. The van der Waals surface area contributed by atoms with Gasteiger partial charge in [0, 0.05) is 6.42 Å². The van der Waals surface area contributed by atoms with E-state index in [-0.39, 0.29) is 11.8 Å². The first-order valence-electron chi connectivity index (χ1n) is 7.30. The lowest BCUT2D eigenvalue weighted by atomic mass is 9.63. The van der Waals surface area contributed by atoms with Crippen molar-refractivity contribution in [1.82, 2.24) is 0 Å². The highest BCUT2D eigenvalue weighted by molar-refractivity contribution is 5.71. The van der Waals surface area contributed by atoms with Crippen molar-refractivity contribution in [2.24, 2.45) is 17.3 Å². The van der Waals surface area contributed by atoms with Crippen molar-refractivity contribution in [3.63, 3.8) is 0 Å². The minimum absolute atomic E-state index is 0.0600. The zero-order valence-electron chi connectivity index (χ0n) is 12.0. The topological polar surface area (TPSA) is 74.6 Å². The molecule has 110 valence electrons. The summed E-state index contributed by atoms with van der Waals surface area (Å²) in [7, 11) is 0. The Bertz CT molecular complexity index is 316. The van der Waals surface area contributed by atoms with Crippen LogP contribution >= 0.6 is 0 Å². The van der Waals surface area contributed by atoms with Crippen molar-refractivity contribution >= 4 is 11.9 Å². The molecule has 0 aliphatic heterocycles. The SMILES string of the molecule is CC(C)(C1CCCCC1)C(CCCC(=O)O)C(=O)O. The largest absolute Gasteiger partial charge is 0.481 e. The molecule has 4 heteroatoms. The van der Waals surface area contributed by atoms with Crippen LogP contribution in [0.2, 0.25) is 0 Å². The minimum Gasteiger partial charge on any atom is -0.481 e. The van der Waals surface area contributed by atoms with Crippen LogP contribution in [-0.4, -0.2) is 22.2 Å². The maximum atomic E-state index is 11.5. The Morgan fingerprint density at radius 2 is 1.74 bits per heavy atom. The molecule has 1 saturated carbocycles. The summed E-state index contributed by atoms with van der Waals surface area (Å²) in [5.74, 6) is -1.61. The van der Waals surface area contributed by atoms with E-state index in [4.69, 9.17) is 5.11 Å². The van der Waals surface area contributed by atoms with E-state index in [0.29, 0.717) is 18.8 Å². The molecule has 1 aliphatic rings. The summed E-state index contributed by atoms with van der Waals surface area (Å²) >= 11 is 0. The van der Waals surface area contributed by atoms with Gasteiger partial charge in [-0.2, -0.15) is 0 Å². The molecule has 4 nitrogen and oxygen atoms in total. The standard InChI is InChI=1S/C15H26O4/c1-15(2,11-7-4-3-5-8-11)12(14(18)19)9-6-10-13(16)17/h11-12H,3-10H2,1-2H3,(H,16,17)(H,18,19). The highest BCUT2D eigenvalue weighted by Crippen LogP contribution is 2.45. The average molecular weight is 270 g/mol. The summed E-state index contributed by atoms with van der Waals surface area (Å²) in [6, 6.07) is 0. The fourth-order valence-electron chi connectivity index (χ4n) is 3.40. The molecule has 19 heavy (non-hydrogen) atoms. The lowest BCUT2D eigenvalue weighted by Gasteiger charge is -2.41. The summed E-state index contributed by atoms with van der Waals surface area (Å²) in [5.41, 5.74) is -0.245. The van der Waals surface area contributed by atoms with Crippen molar-refractivity contribution < 1.29 is 19.8 Å². The molecule has 0 aromatic heterocycles. The van der Waals surface area contributed by atoms with E-state index < -0.39 is 17.9 Å². The lowest BCUT2D eigenvalue weighted by molar-refractivity contribution is -0.149. The van der Waals surface area contributed by atoms with Crippen molar-refractivity contribution in [1.29, 1.82) is 0 Å². The van der Waals surface area contributed by atoms with Crippen LogP contribution in [0.15, 0.2) is 0 Å². The Balaban J connectivity index is 2.66. The van der Waals surface area contributed by atoms with E-state index in [1.165, 1.54) is 19.3 Å². The molecular weight excluding hydrogens is 244 g/mol. The molecule has 1 atom stereocenters. The molecule has 0 amide bonds. The second kappa shape index (κ2) is 6.92. The van der Waals surface area contributed by atoms with Gasteiger partial charge in [0.1, 0.15) is 0 Å². The molecule has 0 heterocycles. The Morgan fingerprint density at radius 1 is 1.16 bits per heavy atom. The van der Waals surface area contributed by atoms with Gasteiger partial charge in [0.05, 0.1) is 5.92 Å². The van der Waals surface area contributed by atoms with Gasteiger partial charge in [0.2, 0.25) is 0 Å². The number of aliphatic carboxylic acids is 2. The van der Waals surface area contributed by atoms with Crippen molar-refractivity contribution in [3.05, 3.63) is 0 Å². The molecule has 1 unspecified atom stereocenters. The van der Waals surface area contributed by atoms with E-state index in [1.807, 2.05) is 13.8 Å². The Hall–Kier alpha value is -1.06. The van der Waals surface area contributed by atoms with Crippen LogP contribution in [0.4, 0.5) is 0 Å². The smallest absolute Gasteiger partial charge is 0.307 e. The molecule has 0 aromatic carbocycles. The number of hydrogen-bond acceptors (Lipinski definition) is 2. The second-order valence-corrected chi connectivity index (χ2v) is 6.33. The molecule has 0 aromatic rings. The molecular formula is C15H26O4. The van der Waals surface area contributed by atoms with Crippen LogP contribution in [0.25, 0.3) is 0 Å². The van der Waals surface area contributed by atoms with Crippen LogP contribution in [-0.2, 0) is 9.59 Å². The van der Waals surface area contributed by atoms with Crippen molar-refractivity contribution in [2.45, 2.75) is 65.2 Å². The van der Waals surface area contributed by atoms with Crippen LogP contribution in [0.5, 0.6) is 0 Å². The van der Waals surface area contributed by atoms with Gasteiger partial charge >= 0.3 is 11.9 Å². The number of carbonyl (C=O) groups is 2. The quantitative estimate of drug-likeness (QED) is 0.742. The van der Waals surface area contributed by atoms with Crippen LogP contribution < -0.4 is 0 Å². The van der Waals surface area contributed by atoms with Crippen LogP contribution in [0.1, 0.15) is 65.2 Å². The first kappa shape index (κ1) is 16.0. The Labute approximate surface area is 115 Å². The Kier molecular flexibility index (Phi) is 5.83. The maximum absolute atomic E-state index is 11.5. The number of carboxylic acid groups (broad SMARTS) is 2. The van der Waals surface area contributed by atoms with Gasteiger partial charge in [-0.1, -0.05) is 33.1 Å². The van der Waals surface area contributed by atoms with Gasteiger partial charge in [-0.05, 0) is 37.0 Å². The van der Waals surface area contributed by atoms with Gasteiger partial charge in [0.15, 0.2) is 0 Å². The van der Waals surface area contributed by atoms with Crippen LogP contribution in [0.3, 0.4) is 0 Å². The summed E-state index contributed by atoms with van der Waals surface area (Å²) in [4.78, 5) is 22.1. The molecule has 1 fully saturated rings. The fraction of sp³-hybridized carbons (Fsp3) is 0.867. The van der Waals surface area contributed by atoms with E-state index >= 15 is 0 Å². The predicted octanol–water partition coefficient (Wildman–Crippen LogP) is 3.55. The summed E-state index contributed by atoms with van der Waals surface area (Å²) in [6.45, 7) is 4.09. The fourth-order valence-corrected chi connectivity index (χ4v) is 3.40. The lowest BCUT2D eigenvalue weighted by Crippen LogP contribution is -2.38. The first-order valence-corrected chi connectivity index (χ1v) is 7.30.